The van der Waals surface area contributed by atoms with Crippen molar-refractivity contribution in [3.05, 3.63) is 149 Å². The summed E-state index contributed by atoms with van der Waals surface area (Å²) in [7, 11) is 0. The summed E-state index contributed by atoms with van der Waals surface area (Å²) in [5.41, 5.74) is 9.10. The molecule has 3 heterocycles. The molecular weight excluding hydrogens is 691 g/mol. The molecule has 8 rings (SSSR count). The summed E-state index contributed by atoms with van der Waals surface area (Å²) in [5, 5.41) is 0. The molecule has 0 spiro atoms. The van der Waals surface area contributed by atoms with Crippen LogP contribution in [0, 0.1) is 19.8 Å². The van der Waals surface area contributed by atoms with Gasteiger partial charge < -0.3 is 24.8 Å². The van der Waals surface area contributed by atoms with Crippen LogP contribution in [0.2, 0.25) is 0 Å². The van der Waals surface area contributed by atoms with Crippen molar-refractivity contribution in [2.45, 2.75) is 28.0 Å². The van der Waals surface area contributed by atoms with E-state index in [0.29, 0.717) is 13.2 Å². The first kappa shape index (κ1) is 31.8. The van der Waals surface area contributed by atoms with Crippen molar-refractivity contribution in [3.63, 3.8) is 0 Å². The molecule has 1 aliphatic heterocycles. The zero-order chi connectivity index (χ0) is 27.2. The maximum atomic E-state index is 2.48. The van der Waals surface area contributed by atoms with Crippen molar-refractivity contribution in [1.29, 1.82) is 0 Å². The molecule has 2 aromatic heterocycles. The summed E-state index contributed by atoms with van der Waals surface area (Å²) in [4.78, 5) is 8.66. The third-order valence-electron chi connectivity index (χ3n) is 7.84. The Morgan fingerprint density at radius 2 is 1.17 bits per heavy atom. The molecule has 42 heavy (non-hydrogen) atoms. The number of hydrogen-bond acceptors (Lipinski definition) is 3. The van der Waals surface area contributed by atoms with Crippen LogP contribution in [0.5, 0.6) is 0 Å². The normalized spacial score (nSPS) is 20.4. The second-order valence-electron chi connectivity index (χ2n) is 10.7. The van der Waals surface area contributed by atoms with E-state index >= 15 is 0 Å². The third-order valence-corrected chi connectivity index (χ3v) is 15.7. The van der Waals surface area contributed by atoms with Crippen LogP contribution in [-0.4, -0.2) is 0 Å². The molecule has 6 heteroatoms. The SMILES string of the molecule is CC1=CC2C=CC=C2S1.Cc1ccc(C2=Cc3ccccc3[CH]2[Zr+2][CH]2C(c3ccc(C)s3)=Cc3ccccc32)s1.[Cl-].[Cl-]. The molecule has 0 N–H and O–H groups in total. The summed E-state index contributed by atoms with van der Waals surface area (Å²) in [5.74, 6) is 0.634. The molecule has 2 aromatic carbocycles. The minimum Gasteiger partial charge on any atom is -1.00 e. The van der Waals surface area contributed by atoms with Gasteiger partial charge in [-0.1, -0.05) is 36.1 Å². The Kier molecular flexibility index (Phi) is 10.3. The summed E-state index contributed by atoms with van der Waals surface area (Å²) >= 11 is 4.89. The summed E-state index contributed by atoms with van der Waals surface area (Å²) in [6.07, 6.45) is 13.8. The number of thiophene rings is 2. The fourth-order valence-electron chi connectivity index (χ4n) is 5.97. The summed E-state index contributed by atoms with van der Waals surface area (Å²) in [6, 6.07) is 27.4. The Morgan fingerprint density at radius 3 is 1.64 bits per heavy atom. The van der Waals surface area contributed by atoms with Crippen LogP contribution >= 0.6 is 34.4 Å². The molecule has 4 aromatic rings. The van der Waals surface area contributed by atoms with E-state index in [1.165, 1.54) is 40.4 Å². The first-order chi connectivity index (χ1) is 19.5. The predicted molar refractivity (Wildman–Crippen MR) is 174 cm³/mol. The van der Waals surface area contributed by atoms with Gasteiger partial charge in [0.15, 0.2) is 0 Å². The number of aryl methyl sites for hydroxylation is 2. The van der Waals surface area contributed by atoms with Gasteiger partial charge in [-0.3, -0.25) is 0 Å². The smallest absolute Gasteiger partial charge is 1.00 e. The Hall–Kier alpha value is -1.65. The topological polar surface area (TPSA) is 0 Å². The average molecular weight is 721 g/mol. The van der Waals surface area contributed by atoms with Gasteiger partial charge in [0.05, 0.1) is 0 Å². The molecule has 0 radical (unpaired) electrons. The van der Waals surface area contributed by atoms with Gasteiger partial charge in [-0.15, -0.1) is 0 Å². The van der Waals surface area contributed by atoms with E-state index in [1.807, 2.05) is 34.4 Å². The molecular formula is C36H30Cl2S3Zr. The Labute approximate surface area is 285 Å². The molecule has 0 bridgehead atoms. The first-order valence-corrected chi connectivity index (χ1v) is 19.1. The quantitative estimate of drug-likeness (QED) is 0.283. The van der Waals surface area contributed by atoms with E-state index in [1.54, 1.807) is 22.3 Å². The number of thioether (sulfide) groups is 1. The van der Waals surface area contributed by atoms with Gasteiger partial charge in [0.25, 0.3) is 0 Å². The zero-order valence-electron chi connectivity index (χ0n) is 23.6. The summed E-state index contributed by atoms with van der Waals surface area (Å²) in [6.45, 7) is 6.61. The molecule has 3 aliphatic carbocycles. The molecule has 0 saturated carbocycles. The molecule has 4 aliphatic rings. The van der Waals surface area contributed by atoms with Crippen LogP contribution in [-0.2, 0) is 23.2 Å². The molecule has 0 amide bonds. The van der Waals surface area contributed by atoms with E-state index in [-0.39, 0.29) is 24.8 Å². The summed E-state index contributed by atoms with van der Waals surface area (Å²) < 4.78 is 1.19. The number of fused-ring (bicyclic) bond motifs is 3. The van der Waals surface area contributed by atoms with Crippen molar-refractivity contribution in [2.75, 3.05) is 0 Å². The molecule has 210 valence electrons. The van der Waals surface area contributed by atoms with Crippen molar-refractivity contribution in [3.8, 4) is 0 Å². The van der Waals surface area contributed by atoms with E-state index in [0.717, 1.165) is 0 Å². The van der Waals surface area contributed by atoms with Crippen molar-refractivity contribution in [2.24, 2.45) is 5.92 Å². The van der Waals surface area contributed by atoms with Crippen molar-refractivity contribution >= 4 is 57.7 Å². The molecule has 3 unspecified atom stereocenters. The predicted octanol–water partition coefficient (Wildman–Crippen LogP) is 5.11. The van der Waals surface area contributed by atoms with Gasteiger partial charge in [0, 0.05) is 10.8 Å². The minimum atomic E-state index is -0.910. The van der Waals surface area contributed by atoms with Gasteiger partial charge in [-0.2, -0.15) is 0 Å². The monoisotopic (exact) mass is 718 g/mol. The van der Waals surface area contributed by atoms with Gasteiger partial charge in [-0.25, -0.2) is 0 Å². The third kappa shape index (κ3) is 6.27. The number of halogens is 2. The van der Waals surface area contributed by atoms with E-state index in [9.17, 15) is 0 Å². The van der Waals surface area contributed by atoms with E-state index in [2.05, 4.69) is 130 Å². The average Bonchev–Trinajstić information content (AvgIpc) is 3.78. The van der Waals surface area contributed by atoms with Gasteiger partial charge >= 0.3 is 205 Å². The molecule has 0 fully saturated rings. The Morgan fingerprint density at radius 1 is 0.643 bits per heavy atom. The number of hydrogen-bond donors (Lipinski definition) is 0. The van der Waals surface area contributed by atoms with Crippen molar-refractivity contribution < 1.29 is 48.0 Å². The van der Waals surface area contributed by atoms with Crippen molar-refractivity contribution in [1.82, 2.24) is 0 Å². The number of rotatable bonds is 4. The van der Waals surface area contributed by atoms with Gasteiger partial charge in [0.2, 0.25) is 0 Å². The van der Waals surface area contributed by atoms with Crippen LogP contribution < -0.4 is 24.8 Å². The number of benzene rings is 2. The fourth-order valence-corrected chi connectivity index (χ4v) is 14.4. The standard InChI is InChI=1S/2C14H11S.C8H8S.2ClH.Zr/c2*1-10-6-7-14(15-10)13-8-11-4-2-3-5-12(11)9-13;1-6-5-7-3-2-4-8(7)9-6;;;/h2*2-9H,1H3;2-5,7H,1H3;2*1H;/q;;;;;+2/p-2. The second kappa shape index (κ2) is 13.6. The zero-order valence-corrected chi connectivity index (χ0v) is 30.0. The maximum Gasteiger partial charge on any atom is -1.00 e. The van der Waals surface area contributed by atoms with Crippen LogP contribution in [0.25, 0.3) is 23.3 Å². The van der Waals surface area contributed by atoms with Gasteiger partial charge in [-0.05, 0) is 11.8 Å². The Bertz CT molecular complexity index is 1660. The van der Waals surface area contributed by atoms with Crippen LogP contribution in [0.1, 0.15) is 55.9 Å². The minimum absolute atomic E-state index is 0. The largest absolute Gasteiger partial charge is 1.00 e. The van der Waals surface area contributed by atoms with Crippen LogP contribution in [0.4, 0.5) is 0 Å². The van der Waals surface area contributed by atoms with Crippen LogP contribution in [0.3, 0.4) is 0 Å². The fraction of sp³-hybridized carbons (Fsp3) is 0.167. The second-order valence-corrected chi connectivity index (χ2v) is 18.2. The maximum absolute atomic E-state index is 2.48. The Balaban J connectivity index is 0.000000274. The molecule has 3 atom stereocenters. The van der Waals surface area contributed by atoms with Crippen LogP contribution in [0.15, 0.2) is 107 Å². The van der Waals surface area contributed by atoms with E-state index in [4.69, 9.17) is 0 Å². The van der Waals surface area contributed by atoms with Gasteiger partial charge in [0.1, 0.15) is 0 Å². The molecule has 0 saturated heterocycles. The number of allylic oxidation sites excluding steroid dienone is 8. The molecule has 0 nitrogen and oxygen atoms in total. The van der Waals surface area contributed by atoms with E-state index < -0.39 is 23.2 Å². The first-order valence-electron chi connectivity index (χ1n) is 13.8.